The van der Waals surface area contributed by atoms with Gasteiger partial charge in [-0.3, -0.25) is 0 Å². The zero-order valence-electron chi connectivity index (χ0n) is 13.3. The third-order valence-electron chi connectivity index (χ3n) is 3.43. The molecule has 2 N–H and O–H groups in total. The summed E-state index contributed by atoms with van der Waals surface area (Å²) in [4.78, 5) is 0. The molecule has 2 aromatic rings. The Morgan fingerprint density at radius 2 is 1.40 bits per heavy atom. The van der Waals surface area contributed by atoms with Gasteiger partial charge in [0.05, 0.1) is 6.04 Å². The van der Waals surface area contributed by atoms with Crippen LogP contribution in [0.4, 0.5) is 0 Å². The summed E-state index contributed by atoms with van der Waals surface area (Å²) < 4.78 is 10.7. The van der Waals surface area contributed by atoms with Gasteiger partial charge in [0.2, 0.25) is 0 Å². The van der Waals surface area contributed by atoms with E-state index in [0.717, 1.165) is 35.9 Å². The second-order valence-corrected chi connectivity index (χ2v) is 5.22. The van der Waals surface area contributed by atoms with Gasteiger partial charge in [-0.2, -0.15) is 0 Å². The van der Waals surface area contributed by atoms with Crippen LogP contribution in [-0.2, 0) is 0 Å². The summed E-state index contributed by atoms with van der Waals surface area (Å²) in [5.41, 5.74) is 5.71. The molecule has 0 aliphatic heterocycles. The van der Waals surface area contributed by atoms with Gasteiger partial charge in [-0.15, -0.1) is 0 Å². The molecule has 0 amide bonds. The van der Waals surface area contributed by atoms with Gasteiger partial charge in [-0.25, -0.2) is 0 Å². The van der Waals surface area contributed by atoms with E-state index in [1.54, 1.807) is 0 Å². The molecule has 3 nitrogen and oxygen atoms in total. The molecule has 112 valence electrons. The van der Waals surface area contributed by atoms with Crippen LogP contribution in [-0.4, -0.2) is 0 Å². The third-order valence-corrected chi connectivity index (χ3v) is 3.43. The van der Waals surface area contributed by atoms with Crippen LogP contribution in [0, 0.1) is 13.8 Å². The van der Waals surface area contributed by atoms with Gasteiger partial charge in [0, 0.05) is 5.92 Å². The topological polar surface area (TPSA) is 52.3 Å². The molecule has 2 heterocycles. The monoisotopic (exact) mass is 277 g/mol. The van der Waals surface area contributed by atoms with E-state index in [4.69, 9.17) is 14.6 Å². The van der Waals surface area contributed by atoms with Crippen molar-refractivity contribution in [3.63, 3.8) is 0 Å². The van der Waals surface area contributed by atoms with Crippen LogP contribution in [0.15, 0.2) is 33.1 Å². The summed E-state index contributed by atoms with van der Waals surface area (Å²) in [5.74, 6) is 4.50. The van der Waals surface area contributed by atoms with E-state index in [9.17, 15) is 0 Å². The Morgan fingerprint density at radius 3 is 1.75 bits per heavy atom. The Bertz CT molecular complexity index is 452. The van der Waals surface area contributed by atoms with Gasteiger partial charge in [0.1, 0.15) is 23.0 Å². The first-order valence-corrected chi connectivity index (χ1v) is 7.36. The summed E-state index contributed by atoms with van der Waals surface area (Å²) in [6, 6.07) is 8.01. The molecule has 2 rings (SSSR count). The van der Waals surface area contributed by atoms with Crippen molar-refractivity contribution in [3.05, 3.63) is 47.3 Å². The van der Waals surface area contributed by atoms with Crippen LogP contribution < -0.4 is 5.73 Å². The first kappa shape index (κ1) is 16.6. The predicted octanol–water partition coefficient (Wildman–Crippen LogP) is 5.10. The molecular formula is C17H27NO2. The Morgan fingerprint density at radius 1 is 0.900 bits per heavy atom. The number of furan rings is 2. The maximum Gasteiger partial charge on any atom is 0.120 e. The van der Waals surface area contributed by atoms with E-state index in [1.165, 1.54) is 0 Å². The van der Waals surface area contributed by atoms with Gasteiger partial charge in [0.25, 0.3) is 0 Å². The third kappa shape index (κ3) is 4.89. The smallest absolute Gasteiger partial charge is 0.120 e. The minimum atomic E-state index is 0.0636. The second kappa shape index (κ2) is 7.95. The van der Waals surface area contributed by atoms with Crippen LogP contribution in [0.5, 0.6) is 0 Å². The fourth-order valence-electron chi connectivity index (χ4n) is 1.77. The quantitative estimate of drug-likeness (QED) is 0.846. The van der Waals surface area contributed by atoms with Crippen LogP contribution in [0.25, 0.3) is 0 Å². The van der Waals surface area contributed by atoms with Crippen LogP contribution in [0.2, 0.25) is 0 Å². The van der Waals surface area contributed by atoms with Gasteiger partial charge in [-0.1, -0.05) is 20.8 Å². The normalized spacial score (nSPS) is 13.5. The average Bonchev–Trinajstić information content (AvgIpc) is 3.06. The van der Waals surface area contributed by atoms with Crippen molar-refractivity contribution < 1.29 is 8.83 Å². The summed E-state index contributed by atoms with van der Waals surface area (Å²) in [5, 5.41) is 0. The Kier molecular flexibility index (Phi) is 6.59. The highest BCUT2D eigenvalue weighted by Crippen LogP contribution is 2.20. The highest BCUT2D eigenvalue weighted by atomic mass is 16.3. The lowest BCUT2D eigenvalue weighted by Gasteiger charge is -2.02. The highest BCUT2D eigenvalue weighted by Gasteiger charge is 2.06. The predicted molar refractivity (Wildman–Crippen MR) is 82.8 cm³/mol. The van der Waals surface area contributed by atoms with Gasteiger partial charge < -0.3 is 14.6 Å². The molecule has 0 aliphatic rings. The Balaban J connectivity index is 0.000000200. The van der Waals surface area contributed by atoms with Crippen molar-refractivity contribution in [2.75, 3.05) is 0 Å². The van der Waals surface area contributed by atoms with E-state index < -0.39 is 0 Å². The molecule has 0 aliphatic carbocycles. The van der Waals surface area contributed by atoms with Crippen molar-refractivity contribution in [1.29, 1.82) is 0 Å². The molecule has 3 heteroatoms. The minimum Gasteiger partial charge on any atom is -0.466 e. The van der Waals surface area contributed by atoms with Crippen LogP contribution in [0.1, 0.15) is 68.6 Å². The second-order valence-electron chi connectivity index (χ2n) is 5.22. The number of aryl methyl sites for hydroxylation is 2. The molecule has 0 saturated heterocycles. The molecule has 2 aromatic heterocycles. The zero-order valence-corrected chi connectivity index (χ0v) is 13.3. The Hall–Kier alpha value is -1.48. The number of rotatable bonds is 4. The van der Waals surface area contributed by atoms with Crippen LogP contribution >= 0.6 is 0 Å². The van der Waals surface area contributed by atoms with E-state index in [0.29, 0.717) is 5.92 Å². The van der Waals surface area contributed by atoms with E-state index in [-0.39, 0.29) is 6.04 Å². The van der Waals surface area contributed by atoms with Crippen molar-refractivity contribution in [1.82, 2.24) is 0 Å². The lowest BCUT2D eigenvalue weighted by Crippen LogP contribution is -2.06. The molecule has 0 bridgehead atoms. The molecule has 0 saturated carbocycles. The van der Waals surface area contributed by atoms with E-state index >= 15 is 0 Å². The lowest BCUT2D eigenvalue weighted by molar-refractivity contribution is 0.441. The van der Waals surface area contributed by atoms with Crippen molar-refractivity contribution in [3.8, 4) is 0 Å². The molecule has 2 atom stereocenters. The minimum absolute atomic E-state index is 0.0636. The molecule has 0 spiro atoms. The van der Waals surface area contributed by atoms with Crippen molar-refractivity contribution >= 4 is 0 Å². The summed E-state index contributed by atoms with van der Waals surface area (Å²) in [6.45, 7) is 10.3. The van der Waals surface area contributed by atoms with Gasteiger partial charge >= 0.3 is 0 Å². The summed E-state index contributed by atoms with van der Waals surface area (Å²) >= 11 is 0. The lowest BCUT2D eigenvalue weighted by atomic mass is 10.1. The van der Waals surface area contributed by atoms with Crippen LogP contribution in [0.3, 0.4) is 0 Å². The zero-order chi connectivity index (χ0) is 15.1. The largest absolute Gasteiger partial charge is 0.466 e. The molecule has 0 aromatic carbocycles. The molecule has 20 heavy (non-hydrogen) atoms. The first-order valence-electron chi connectivity index (χ1n) is 7.36. The maximum absolute atomic E-state index is 5.71. The first-order chi connectivity index (χ1) is 9.47. The highest BCUT2D eigenvalue weighted by molar-refractivity contribution is 5.09. The molecular weight excluding hydrogens is 250 g/mol. The average molecular weight is 277 g/mol. The fraction of sp³-hybridized carbons (Fsp3) is 0.529. The van der Waals surface area contributed by atoms with E-state index in [1.807, 2.05) is 39.0 Å². The molecule has 0 fully saturated rings. The number of nitrogens with two attached hydrogens (primary N) is 1. The van der Waals surface area contributed by atoms with Crippen molar-refractivity contribution in [2.24, 2.45) is 5.73 Å². The van der Waals surface area contributed by atoms with Crippen molar-refractivity contribution in [2.45, 2.75) is 59.4 Å². The fourth-order valence-corrected chi connectivity index (χ4v) is 1.77. The van der Waals surface area contributed by atoms with Gasteiger partial charge in [0.15, 0.2) is 0 Å². The molecule has 0 unspecified atom stereocenters. The Labute approximate surface area is 122 Å². The van der Waals surface area contributed by atoms with Gasteiger partial charge in [-0.05, 0) is 51.0 Å². The standard InChI is InChI=1S/C9H14O.C8H13NO/c1-4-7(2)9-6-5-8(3)10-9;1-3-7(9)8-5-4-6(2)10-8/h5-7H,4H2,1-3H3;4-5,7H,3,9H2,1-2H3/t2*7-/m11/s1. The molecule has 0 radical (unpaired) electrons. The summed E-state index contributed by atoms with van der Waals surface area (Å²) in [7, 11) is 0. The summed E-state index contributed by atoms with van der Waals surface area (Å²) in [6.07, 6.45) is 2.07. The number of hydrogen-bond donors (Lipinski definition) is 1. The maximum atomic E-state index is 5.71. The number of hydrogen-bond acceptors (Lipinski definition) is 3. The van der Waals surface area contributed by atoms with E-state index in [2.05, 4.69) is 19.9 Å². The SMILES string of the molecule is CC[C@@H](C)c1ccc(C)o1.CC[C@@H](N)c1ccc(C)o1.